The van der Waals surface area contributed by atoms with Crippen molar-refractivity contribution in [2.45, 2.75) is 39.2 Å². The molecule has 0 fully saturated rings. The van der Waals surface area contributed by atoms with E-state index in [1.54, 1.807) is 20.8 Å². The van der Waals surface area contributed by atoms with Crippen molar-refractivity contribution in [3.63, 3.8) is 0 Å². The number of halogens is 3. The van der Waals surface area contributed by atoms with Crippen LogP contribution >= 0.6 is 0 Å². The van der Waals surface area contributed by atoms with Gasteiger partial charge in [-0.2, -0.15) is 8.78 Å². The fraction of sp³-hybridized carbons (Fsp3) is 0.368. The maximum atomic E-state index is 14.5. The van der Waals surface area contributed by atoms with E-state index >= 15 is 0 Å². The molecule has 0 unspecified atom stereocenters. The van der Waals surface area contributed by atoms with Gasteiger partial charge in [-0.3, -0.25) is 9.59 Å². The van der Waals surface area contributed by atoms with Crippen LogP contribution in [0.4, 0.5) is 18.9 Å². The molecule has 2 N–H and O–H groups in total. The lowest BCUT2D eigenvalue weighted by Gasteiger charge is -2.19. The van der Waals surface area contributed by atoms with Crippen LogP contribution in [0.2, 0.25) is 0 Å². The van der Waals surface area contributed by atoms with E-state index in [2.05, 4.69) is 10.6 Å². The summed E-state index contributed by atoms with van der Waals surface area (Å²) < 4.78 is 43.3. The van der Waals surface area contributed by atoms with Crippen LogP contribution in [0.1, 0.15) is 41.9 Å². The third-order valence-corrected chi connectivity index (χ3v) is 4.28. The lowest BCUT2D eigenvalue weighted by Crippen LogP contribution is -2.43. The molecule has 1 heterocycles. The lowest BCUT2D eigenvalue weighted by molar-refractivity contribution is -0.148. The van der Waals surface area contributed by atoms with Crippen molar-refractivity contribution in [2.75, 3.05) is 5.32 Å². The van der Waals surface area contributed by atoms with Crippen LogP contribution < -0.4 is 10.6 Å². The molecule has 27 heavy (non-hydrogen) atoms. The Morgan fingerprint density at radius 2 is 1.93 bits per heavy atom. The van der Waals surface area contributed by atoms with Crippen molar-refractivity contribution in [3.05, 3.63) is 53.1 Å². The number of alkyl halides is 2. The van der Waals surface area contributed by atoms with Crippen molar-refractivity contribution < 1.29 is 22.8 Å². The molecule has 2 aromatic rings. The number of anilines is 1. The number of carbonyl (C=O) groups is 2. The lowest BCUT2D eigenvalue weighted by atomic mass is 10.1. The minimum atomic E-state index is -3.79. The topological polar surface area (TPSA) is 63.1 Å². The fourth-order valence-corrected chi connectivity index (χ4v) is 2.46. The second kappa shape index (κ2) is 7.85. The van der Waals surface area contributed by atoms with E-state index in [-0.39, 0.29) is 5.56 Å². The first-order chi connectivity index (χ1) is 12.6. The number of carbonyl (C=O) groups excluding carboxylic acids is 2. The van der Waals surface area contributed by atoms with Crippen molar-refractivity contribution in [1.29, 1.82) is 0 Å². The Labute approximate surface area is 155 Å². The highest BCUT2D eigenvalue weighted by molar-refractivity contribution is 6.04. The van der Waals surface area contributed by atoms with Crippen LogP contribution in [-0.2, 0) is 17.8 Å². The first-order valence-electron chi connectivity index (χ1n) is 8.49. The van der Waals surface area contributed by atoms with Gasteiger partial charge in [0.25, 0.3) is 11.8 Å². The zero-order chi connectivity index (χ0) is 20.4. The molecule has 8 heteroatoms. The molecular formula is C19H22F3N3O2. The van der Waals surface area contributed by atoms with E-state index in [4.69, 9.17) is 0 Å². The number of aryl methyl sites for hydroxylation is 2. The van der Waals surface area contributed by atoms with Crippen molar-refractivity contribution in [1.82, 2.24) is 9.88 Å². The zero-order valence-electron chi connectivity index (χ0n) is 15.6. The molecule has 0 aliphatic heterocycles. The van der Waals surface area contributed by atoms with Gasteiger partial charge in [0.2, 0.25) is 0 Å². The Kier molecular flexibility index (Phi) is 5.98. The van der Waals surface area contributed by atoms with E-state index in [0.29, 0.717) is 17.7 Å². The smallest absolute Gasteiger partial charge is 0.348 e. The highest BCUT2D eigenvalue weighted by atomic mass is 19.3. The number of rotatable bonds is 6. The first-order valence-corrected chi connectivity index (χ1v) is 8.49. The summed E-state index contributed by atoms with van der Waals surface area (Å²) in [6.45, 7) is 4.94. The summed E-state index contributed by atoms with van der Waals surface area (Å²) >= 11 is 0. The quantitative estimate of drug-likeness (QED) is 0.801. The minimum absolute atomic E-state index is 0.0366. The van der Waals surface area contributed by atoms with Crippen LogP contribution in [0.3, 0.4) is 0 Å². The summed E-state index contributed by atoms with van der Waals surface area (Å²) in [5.74, 6) is -6.26. The molecule has 2 rings (SSSR count). The van der Waals surface area contributed by atoms with E-state index in [1.807, 2.05) is 0 Å². The number of nitrogens with zero attached hydrogens (tertiary/aromatic N) is 1. The Morgan fingerprint density at radius 3 is 2.52 bits per heavy atom. The standard InChI is InChI=1S/C19H22F3N3O2/c1-5-12(3)23-18(27)19(21,22)16-9-13(10-25(16)4)17(26)24-14-6-7-15(20)11(2)8-14/h6-10,12H,5H2,1-4H3,(H,23,27)(H,24,26)/t12-/m1/s1. The van der Waals surface area contributed by atoms with Crippen molar-refractivity contribution >= 4 is 17.5 Å². The van der Waals surface area contributed by atoms with Gasteiger partial charge in [0.1, 0.15) is 5.82 Å². The van der Waals surface area contributed by atoms with E-state index < -0.39 is 35.3 Å². The van der Waals surface area contributed by atoms with Crippen LogP contribution in [0.25, 0.3) is 0 Å². The largest absolute Gasteiger partial charge is 0.364 e. The zero-order valence-corrected chi connectivity index (χ0v) is 15.6. The van der Waals surface area contributed by atoms with Gasteiger partial charge in [0, 0.05) is 25.0 Å². The molecule has 0 spiro atoms. The summed E-state index contributed by atoms with van der Waals surface area (Å²) in [6, 6.07) is 4.59. The van der Waals surface area contributed by atoms with Gasteiger partial charge in [0.15, 0.2) is 0 Å². The average molecular weight is 381 g/mol. The van der Waals surface area contributed by atoms with E-state index in [1.165, 1.54) is 31.4 Å². The third-order valence-electron chi connectivity index (χ3n) is 4.28. The van der Waals surface area contributed by atoms with Crippen molar-refractivity contribution in [3.8, 4) is 0 Å². The second-order valence-electron chi connectivity index (χ2n) is 6.50. The summed E-state index contributed by atoms with van der Waals surface area (Å²) in [7, 11) is 1.33. The third kappa shape index (κ3) is 4.50. The molecule has 0 saturated heterocycles. The summed E-state index contributed by atoms with van der Waals surface area (Å²) in [6.07, 6.45) is 1.73. The van der Waals surface area contributed by atoms with Gasteiger partial charge < -0.3 is 15.2 Å². The van der Waals surface area contributed by atoms with Gasteiger partial charge in [-0.05, 0) is 50.1 Å². The molecule has 1 aromatic heterocycles. The minimum Gasteiger partial charge on any atom is -0.348 e. The van der Waals surface area contributed by atoms with Crippen LogP contribution in [-0.4, -0.2) is 22.4 Å². The number of aromatic nitrogens is 1. The van der Waals surface area contributed by atoms with Crippen molar-refractivity contribution in [2.24, 2.45) is 7.05 Å². The van der Waals surface area contributed by atoms with Gasteiger partial charge >= 0.3 is 5.92 Å². The van der Waals surface area contributed by atoms with Crippen LogP contribution in [0.5, 0.6) is 0 Å². The summed E-state index contributed by atoms with van der Waals surface area (Å²) in [5, 5.41) is 4.77. The molecule has 0 bridgehead atoms. The molecular weight excluding hydrogens is 359 g/mol. The molecule has 146 valence electrons. The Hall–Kier alpha value is -2.77. The number of amides is 2. The number of hydrogen-bond acceptors (Lipinski definition) is 2. The monoisotopic (exact) mass is 381 g/mol. The highest BCUT2D eigenvalue weighted by Gasteiger charge is 2.44. The normalized spacial score (nSPS) is 12.6. The molecule has 0 aliphatic carbocycles. The molecule has 0 radical (unpaired) electrons. The summed E-state index contributed by atoms with van der Waals surface area (Å²) in [4.78, 5) is 24.2. The predicted molar refractivity (Wildman–Crippen MR) is 96.3 cm³/mol. The van der Waals surface area contributed by atoms with Gasteiger partial charge in [-0.15, -0.1) is 0 Å². The molecule has 0 saturated carbocycles. The Bertz CT molecular complexity index is 862. The summed E-state index contributed by atoms with van der Waals surface area (Å²) in [5.41, 5.74) is 0.0506. The van der Waals surface area contributed by atoms with E-state index in [9.17, 15) is 22.8 Å². The number of hydrogen-bond donors (Lipinski definition) is 2. The maximum Gasteiger partial charge on any atom is 0.364 e. The average Bonchev–Trinajstić information content (AvgIpc) is 3.00. The van der Waals surface area contributed by atoms with Gasteiger partial charge in [0.05, 0.1) is 11.3 Å². The maximum absolute atomic E-state index is 14.5. The van der Waals surface area contributed by atoms with Gasteiger partial charge in [-0.1, -0.05) is 6.92 Å². The molecule has 5 nitrogen and oxygen atoms in total. The fourth-order valence-electron chi connectivity index (χ4n) is 2.46. The Balaban J connectivity index is 2.22. The Morgan fingerprint density at radius 1 is 1.26 bits per heavy atom. The molecule has 2 amide bonds. The predicted octanol–water partition coefficient (Wildman–Crippen LogP) is 3.73. The molecule has 0 aliphatic rings. The molecule has 1 atom stereocenters. The highest BCUT2D eigenvalue weighted by Crippen LogP contribution is 2.30. The van der Waals surface area contributed by atoms with Crippen LogP contribution in [0, 0.1) is 12.7 Å². The second-order valence-corrected chi connectivity index (χ2v) is 6.50. The first kappa shape index (κ1) is 20.5. The van der Waals surface area contributed by atoms with E-state index in [0.717, 1.165) is 10.6 Å². The number of nitrogens with one attached hydrogen (secondary N) is 2. The number of benzene rings is 1. The SMILES string of the molecule is CC[C@@H](C)NC(=O)C(F)(F)c1cc(C(=O)Nc2ccc(F)c(C)c2)cn1C. The van der Waals surface area contributed by atoms with Gasteiger partial charge in [-0.25, -0.2) is 4.39 Å². The van der Waals surface area contributed by atoms with Crippen LogP contribution in [0.15, 0.2) is 30.5 Å². The molecule has 1 aromatic carbocycles.